The summed E-state index contributed by atoms with van der Waals surface area (Å²) in [6.45, 7) is 2.60. The molecule has 138 valence electrons. The molecule has 0 bridgehead atoms. The zero-order valence-corrected chi connectivity index (χ0v) is 14.3. The third-order valence-electron chi connectivity index (χ3n) is 5.70. The lowest BCUT2D eigenvalue weighted by Gasteiger charge is -2.33. The van der Waals surface area contributed by atoms with Crippen molar-refractivity contribution in [2.45, 2.75) is 6.42 Å². The molecule has 4 rings (SSSR count). The number of hydrogen-bond donors (Lipinski definition) is 2. The molecule has 0 unspecified atom stereocenters. The van der Waals surface area contributed by atoms with E-state index in [1.807, 2.05) is 0 Å². The first-order valence-corrected chi connectivity index (χ1v) is 8.77. The number of amides is 3. The van der Waals surface area contributed by atoms with Gasteiger partial charge in [-0.05, 0) is 30.7 Å². The number of fused-ring (bicyclic) bond motifs is 1. The number of carboxylic acids is 1. The Kier molecular flexibility index (Phi) is 4.07. The van der Waals surface area contributed by atoms with E-state index in [1.165, 1.54) is 0 Å². The average Bonchev–Trinajstić information content (AvgIpc) is 3.25. The average molecular weight is 359 g/mol. The number of urea groups is 1. The molecule has 26 heavy (non-hydrogen) atoms. The third kappa shape index (κ3) is 2.61. The van der Waals surface area contributed by atoms with Crippen molar-refractivity contribution in [2.24, 2.45) is 11.3 Å². The molecule has 2 N–H and O–H groups in total. The topological polar surface area (TPSA) is 99.2 Å². The molecule has 3 aliphatic rings. The molecule has 3 heterocycles. The zero-order valence-electron chi connectivity index (χ0n) is 14.3. The number of hydrogen-bond acceptors (Lipinski definition) is 4. The summed E-state index contributed by atoms with van der Waals surface area (Å²) >= 11 is 0. The second-order valence-corrected chi connectivity index (χ2v) is 7.10. The fourth-order valence-corrected chi connectivity index (χ4v) is 4.14. The van der Waals surface area contributed by atoms with Crippen LogP contribution in [0.5, 0.6) is 0 Å². The Balaban J connectivity index is 1.51. The van der Waals surface area contributed by atoms with Crippen LogP contribution in [0.15, 0.2) is 24.3 Å². The number of anilines is 1. The normalized spacial score (nSPS) is 28.0. The molecule has 3 aliphatic heterocycles. The van der Waals surface area contributed by atoms with Crippen LogP contribution in [0, 0.1) is 11.3 Å². The molecule has 0 aliphatic carbocycles. The van der Waals surface area contributed by atoms with Gasteiger partial charge in [0.25, 0.3) is 5.91 Å². The lowest BCUT2D eigenvalue weighted by atomic mass is 9.74. The van der Waals surface area contributed by atoms with Crippen LogP contribution in [0.4, 0.5) is 10.5 Å². The highest BCUT2D eigenvalue weighted by molar-refractivity contribution is 5.97. The Labute approximate surface area is 150 Å². The number of nitrogens with zero attached hydrogens (tertiary/aromatic N) is 2. The van der Waals surface area contributed by atoms with Crippen LogP contribution < -0.4 is 10.2 Å². The Bertz CT molecular complexity index is 750. The first-order valence-electron chi connectivity index (χ1n) is 8.77. The maximum absolute atomic E-state index is 12.9. The van der Waals surface area contributed by atoms with Gasteiger partial charge < -0.3 is 20.1 Å². The summed E-state index contributed by atoms with van der Waals surface area (Å²) in [5, 5.41) is 12.5. The molecule has 3 saturated heterocycles. The van der Waals surface area contributed by atoms with E-state index in [9.17, 15) is 19.5 Å². The number of likely N-dealkylation sites (tertiary alicyclic amines) is 1. The summed E-state index contributed by atoms with van der Waals surface area (Å²) in [7, 11) is 0. The summed E-state index contributed by atoms with van der Waals surface area (Å²) < 4.78 is 5.43. The minimum atomic E-state index is -0.901. The third-order valence-corrected chi connectivity index (χ3v) is 5.70. The van der Waals surface area contributed by atoms with Gasteiger partial charge in [0, 0.05) is 50.0 Å². The van der Waals surface area contributed by atoms with Crippen LogP contribution in [-0.2, 0) is 9.53 Å². The summed E-state index contributed by atoms with van der Waals surface area (Å²) in [5.74, 6) is -1.21. The minimum Gasteiger partial charge on any atom is -0.481 e. The largest absolute Gasteiger partial charge is 0.481 e. The smallest absolute Gasteiger partial charge is 0.321 e. The molecular weight excluding hydrogens is 338 g/mol. The van der Waals surface area contributed by atoms with Gasteiger partial charge in [-0.25, -0.2) is 4.79 Å². The Hall–Kier alpha value is -2.61. The number of rotatable bonds is 3. The van der Waals surface area contributed by atoms with E-state index in [0.717, 1.165) is 5.69 Å². The van der Waals surface area contributed by atoms with E-state index in [4.69, 9.17) is 4.74 Å². The lowest BCUT2D eigenvalue weighted by Crippen LogP contribution is -2.45. The first-order chi connectivity index (χ1) is 12.5. The summed E-state index contributed by atoms with van der Waals surface area (Å²) in [6, 6.07) is 6.73. The fourth-order valence-electron chi connectivity index (χ4n) is 4.14. The van der Waals surface area contributed by atoms with E-state index in [1.54, 1.807) is 34.1 Å². The van der Waals surface area contributed by atoms with Gasteiger partial charge in [-0.3, -0.25) is 14.5 Å². The van der Waals surface area contributed by atoms with Crippen molar-refractivity contribution in [1.29, 1.82) is 0 Å². The number of carboxylic acid groups (broad SMARTS) is 1. The van der Waals surface area contributed by atoms with Crippen molar-refractivity contribution < 1.29 is 24.2 Å². The number of nitrogens with one attached hydrogen (secondary N) is 1. The van der Waals surface area contributed by atoms with Crippen LogP contribution >= 0.6 is 0 Å². The van der Waals surface area contributed by atoms with E-state index >= 15 is 0 Å². The second-order valence-electron chi connectivity index (χ2n) is 7.10. The first kappa shape index (κ1) is 16.8. The van der Waals surface area contributed by atoms with Gasteiger partial charge in [-0.15, -0.1) is 0 Å². The standard InChI is InChI=1S/C18H21N3O5/c22-15(12-1-3-14(4-2-12)21-7-6-19-17(21)25)20-9-13-10-26-8-5-18(13,11-20)16(23)24/h1-4,13H,5-11H2,(H,19,25)(H,23,24)/t13-,18+/m0/s1. The maximum atomic E-state index is 12.9. The van der Waals surface area contributed by atoms with Gasteiger partial charge in [0.1, 0.15) is 0 Å². The zero-order chi connectivity index (χ0) is 18.3. The molecule has 1 aromatic carbocycles. The van der Waals surface area contributed by atoms with Gasteiger partial charge in [0.2, 0.25) is 0 Å². The summed E-state index contributed by atoms with van der Waals surface area (Å²) in [5.41, 5.74) is 0.331. The molecule has 0 spiro atoms. The highest BCUT2D eigenvalue weighted by Crippen LogP contribution is 2.42. The van der Waals surface area contributed by atoms with Gasteiger partial charge in [0.15, 0.2) is 0 Å². The molecule has 8 nitrogen and oxygen atoms in total. The highest BCUT2D eigenvalue weighted by Gasteiger charge is 2.54. The van der Waals surface area contributed by atoms with E-state index in [2.05, 4.69) is 5.32 Å². The van der Waals surface area contributed by atoms with Crippen LogP contribution in [0.1, 0.15) is 16.8 Å². The molecule has 1 aromatic rings. The van der Waals surface area contributed by atoms with E-state index in [0.29, 0.717) is 44.8 Å². The summed E-state index contributed by atoms with van der Waals surface area (Å²) in [6.07, 6.45) is 0.430. The summed E-state index contributed by atoms with van der Waals surface area (Å²) in [4.78, 5) is 39.7. The molecule has 3 amide bonds. The van der Waals surface area contributed by atoms with E-state index < -0.39 is 11.4 Å². The molecule has 0 saturated carbocycles. The Morgan fingerprint density at radius 3 is 2.65 bits per heavy atom. The SMILES string of the molecule is O=C(c1ccc(N2CCNC2=O)cc1)N1C[C@H]2COCC[C@@]2(C(=O)O)C1. The van der Waals surface area contributed by atoms with Crippen molar-refractivity contribution in [1.82, 2.24) is 10.2 Å². The van der Waals surface area contributed by atoms with Crippen molar-refractivity contribution in [3.63, 3.8) is 0 Å². The van der Waals surface area contributed by atoms with Crippen LogP contribution in [0.25, 0.3) is 0 Å². The quantitative estimate of drug-likeness (QED) is 0.831. The molecule has 3 fully saturated rings. The maximum Gasteiger partial charge on any atom is 0.321 e. The van der Waals surface area contributed by atoms with Gasteiger partial charge >= 0.3 is 12.0 Å². The number of carbonyl (C=O) groups is 3. The van der Waals surface area contributed by atoms with Crippen LogP contribution in [0.2, 0.25) is 0 Å². The van der Waals surface area contributed by atoms with Gasteiger partial charge in [0.05, 0.1) is 12.0 Å². The monoisotopic (exact) mass is 359 g/mol. The highest BCUT2D eigenvalue weighted by atomic mass is 16.5. The molecular formula is C18H21N3O5. The molecule has 8 heteroatoms. The molecule has 0 aromatic heterocycles. The minimum absolute atomic E-state index is 0.143. The van der Waals surface area contributed by atoms with Crippen molar-refractivity contribution in [3.8, 4) is 0 Å². The lowest BCUT2D eigenvalue weighted by molar-refractivity contribution is -0.157. The van der Waals surface area contributed by atoms with E-state index in [-0.39, 0.29) is 24.4 Å². The number of benzene rings is 1. The number of aliphatic carboxylic acids is 1. The number of ether oxygens (including phenoxy) is 1. The van der Waals surface area contributed by atoms with Crippen LogP contribution in [0.3, 0.4) is 0 Å². The molecule has 2 atom stereocenters. The Morgan fingerprint density at radius 2 is 2.04 bits per heavy atom. The number of carbonyl (C=O) groups excluding carboxylic acids is 2. The van der Waals surface area contributed by atoms with Gasteiger partial charge in [-0.2, -0.15) is 0 Å². The second kappa shape index (κ2) is 6.28. The predicted octanol–water partition coefficient (Wildman–Crippen LogP) is 0.779. The fraction of sp³-hybridized carbons (Fsp3) is 0.500. The Morgan fingerprint density at radius 1 is 1.27 bits per heavy atom. The van der Waals surface area contributed by atoms with Crippen LogP contribution in [-0.4, -0.2) is 67.3 Å². The predicted molar refractivity (Wildman–Crippen MR) is 92.1 cm³/mol. The van der Waals surface area contributed by atoms with Crippen molar-refractivity contribution >= 4 is 23.6 Å². The molecule has 0 radical (unpaired) electrons. The van der Waals surface area contributed by atoms with Gasteiger partial charge in [-0.1, -0.05) is 0 Å². The van der Waals surface area contributed by atoms with Crippen molar-refractivity contribution in [2.75, 3.05) is 44.3 Å². The van der Waals surface area contributed by atoms with Crippen molar-refractivity contribution in [3.05, 3.63) is 29.8 Å².